The number of fused-ring (bicyclic) bond motifs is 1. The molecule has 2 aliphatic rings. The Labute approximate surface area is 232 Å². The molecule has 2 saturated heterocycles. The molecule has 2 aliphatic heterocycles. The minimum atomic E-state index is -3.99. The molecule has 0 radical (unpaired) electrons. The Morgan fingerprint density at radius 3 is 2.58 bits per heavy atom. The van der Waals surface area contributed by atoms with E-state index < -0.39 is 73.4 Å². The van der Waals surface area contributed by atoms with Gasteiger partial charge >= 0.3 is 12.4 Å². The van der Waals surface area contributed by atoms with Crippen molar-refractivity contribution < 1.29 is 43.1 Å². The van der Waals surface area contributed by atoms with E-state index in [4.69, 9.17) is 48.3 Å². The molecule has 5 heterocycles. The van der Waals surface area contributed by atoms with Crippen LogP contribution >= 0.6 is 18.9 Å². The molecular weight excluding hydrogens is 600 g/mol. The number of imidazole rings is 1. The number of nitrogens with one attached hydrogen (secondary N) is 2. The second-order valence-corrected chi connectivity index (χ2v) is 12.2. The lowest BCUT2D eigenvalue weighted by molar-refractivity contribution is -0.0579. The summed E-state index contributed by atoms with van der Waals surface area (Å²) in [5.74, 6) is -1.24. The number of nitrogen functional groups attached to an aromatic ring is 1. The fourth-order valence-electron chi connectivity index (χ4n) is 4.31. The van der Waals surface area contributed by atoms with Crippen molar-refractivity contribution in [1.82, 2.24) is 29.1 Å². The van der Waals surface area contributed by atoms with Crippen molar-refractivity contribution >= 4 is 47.9 Å². The molecule has 3 aromatic rings. The molecule has 0 amide bonds. The number of ether oxygens (including phenoxy) is 2. The van der Waals surface area contributed by atoms with Gasteiger partial charge in [0, 0.05) is 6.42 Å². The van der Waals surface area contributed by atoms with Crippen LogP contribution in [-0.4, -0.2) is 93.0 Å². The number of hydrogen-bond donors (Lipinski definition) is 7. The Hall–Kier alpha value is -2.49. The highest BCUT2D eigenvalue weighted by atomic mass is 32.5. The molecule has 21 heteroatoms. The summed E-state index contributed by atoms with van der Waals surface area (Å²) < 4.78 is 37.8. The van der Waals surface area contributed by atoms with Gasteiger partial charge in [-0.05, 0) is 11.8 Å². The average Bonchev–Trinajstić information content (AvgIpc) is 3.55. The molecule has 0 bridgehead atoms. The number of aliphatic hydroxyl groups is 3. The number of H-pyrrole nitrogens is 2. The van der Waals surface area contributed by atoms with Gasteiger partial charge in [0.25, 0.3) is 5.56 Å². The van der Waals surface area contributed by atoms with Crippen LogP contribution in [0.3, 0.4) is 0 Å². The zero-order valence-corrected chi connectivity index (χ0v) is 22.6. The molecule has 17 nitrogen and oxygen atoms in total. The Kier molecular flexibility index (Phi) is 8.03. The third kappa shape index (κ3) is 5.65. The fourth-order valence-corrected chi connectivity index (χ4v) is 5.67. The van der Waals surface area contributed by atoms with E-state index in [1.807, 2.05) is 0 Å². The number of rotatable bonds is 8. The zero-order valence-electron chi connectivity index (χ0n) is 20.1. The smallest absolute Gasteiger partial charge is 0.330 e. The van der Waals surface area contributed by atoms with Gasteiger partial charge in [0.2, 0.25) is 11.8 Å². The second-order valence-electron chi connectivity index (χ2n) is 8.96. The van der Waals surface area contributed by atoms with Gasteiger partial charge in [0.1, 0.15) is 40.8 Å². The van der Waals surface area contributed by atoms with Crippen molar-refractivity contribution in [2.24, 2.45) is 0 Å². The minimum Gasteiger partial charge on any atom is -0.390 e. The Morgan fingerprint density at radius 2 is 1.85 bits per heavy atom. The molecule has 0 spiro atoms. The number of nitrogens with two attached hydrogens (primary N) is 1. The fraction of sp³-hybridized carbons (Fsp3) is 0.526. The number of aliphatic hydroxyl groups excluding tert-OH is 3. The molecule has 3 aromatic heterocycles. The molecule has 1 unspecified atom stereocenters. The van der Waals surface area contributed by atoms with Crippen LogP contribution in [0, 0.1) is 10.5 Å². The molecular formula is C19H23FN7O10PS2. The van der Waals surface area contributed by atoms with Crippen LogP contribution in [0.5, 0.6) is 0 Å². The lowest BCUT2D eigenvalue weighted by Crippen LogP contribution is -2.38. The van der Waals surface area contributed by atoms with E-state index in [2.05, 4.69) is 15.0 Å². The average molecular weight is 624 g/mol. The van der Waals surface area contributed by atoms with E-state index >= 15 is 0 Å². The molecule has 8 N–H and O–H groups in total. The number of aromatic nitrogens is 6. The second kappa shape index (κ2) is 11.1. The van der Waals surface area contributed by atoms with Crippen molar-refractivity contribution in [1.29, 1.82) is 0 Å². The normalized spacial score (nSPS) is 30.2. The van der Waals surface area contributed by atoms with Gasteiger partial charge in [-0.25, -0.2) is 9.78 Å². The third-order valence-corrected chi connectivity index (χ3v) is 8.18. The summed E-state index contributed by atoms with van der Waals surface area (Å²) in [5.41, 5.74) is 4.12. The van der Waals surface area contributed by atoms with Crippen molar-refractivity contribution in [3.8, 4) is 0 Å². The first-order valence-corrected chi connectivity index (χ1v) is 14.5. The maximum Gasteiger partial charge on any atom is 0.330 e. The van der Waals surface area contributed by atoms with E-state index in [9.17, 15) is 34.2 Å². The van der Waals surface area contributed by atoms with Crippen molar-refractivity contribution in [2.75, 3.05) is 18.9 Å². The topological polar surface area (TPSA) is 245 Å². The third-order valence-electron chi connectivity index (χ3n) is 6.30. The van der Waals surface area contributed by atoms with Crippen molar-refractivity contribution in [2.45, 2.75) is 49.4 Å². The van der Waals surface area contributed by atoms with E-state index in [0.29, 0.717) is 21.9 Å². The Bertz CT molecular complexity index is 1650. The monoisotopic (exact) mass is 623 g/mol. The molecule has 0 aromatic carbocycles. The lowest BCUT2D eigenvalue weighted by Gasteiger charge is -2.22. The largest absolute Gasteiger partial charge is 0.390 e. The van der Waals surface area contributed by atoms with Crippen LogP contribution < -0.4 is 17.0 Å². The van der Waals surface area contributed by atoms with Gasteiger partial charge in [0.15, 0.2) is 11.9 Å². The molecule has 0 aliphatic carbocycles. The number of hydrogen-bond acceptors (Lipinski definition) is 14. The predicted molar refractivity (Wildman–Crippen MR) is 137 cm³/mol. The van der Waals surface area contributed by atoms with Gasteiger partial charge in [-0.1, -0.05) is 12.2 Å². The quantitative estimate of drug-likeness (QED) is 0.109. The molecule has 2 fully saturated rings. The van der Waals surface area contributed by atoms with Gasteiger partial charge in [-0.3, -0.25) is 18.9 Å². The van der Waals surface area contributed by atoms with E-state index in [0.717, 1.165) is 0 Å². The maximum atomic E-state index is 13.7. The zero-order chi connectivity index (χ0) is 28.9. The number of halogens is 1. The van der Waals surface area contributed by atoms with E-state index in [-0.39, 0.29) is 23.6 Å². The summed E-state index contributed by atoms with van der Waals surface area (Å²) in [7, 11) is 0. The van der Waals surface area contributed by atoms with E-state index in [1.54, 1.807) is 9.55 Å². The van der Waals surface area contributed by atoms with Crippen LogP contribution in [0.4, 0.5) is 10.3 Å². The Morgan fingerprint density at radius 1 is 1.15 bits per heavy atom. The summed E-state index contributed by atoms with van der Waals surface area (Å²) >= 11 is 10.2. The van der Waals surface area contributed by atoms with Crippen LogP contribution in [-0.2, 0) is 30.3 Å². The van der Waals surface area contributed by atoms with Gasteiger partial charge < -0.3 is 49.5 Å². The first-order chi connectivity index (χ1) is 18.8. The summed E-state index contributed by atoms with van der Waals surface area (Å²) in [6.07, 6.45) is -6.84. The maximum absolute atomic E-state index is 13.7. The minimum absolute atomic E-state index is 0.0731. The van der Waals surface area contributed by atoms with Gasteiger partial charge in [-0.15, -0.1) is 0 Å². The van der Waals surface area contributed by atoms with Crippen LogP contribution in [0.1, 0.15) is 18.9 Å². The molecule has 218 valence electrons. The molecule has 5 rings (SSSR count). The molecule has 0 saturated carbocycles. The number of anilines is 1. The standard InChI is InChI=1S/C19H23FN7O10PS2/c20-6-2-26(19(32)24-15(6)31)17-13(30)12(29)9(37-17)4-35-38(33,40)34-3-8-7(28)1-10(36-8)27-5-22-11-14(27)23-18(21)25-16(11)39/h2,5,7-10,12-13,17,28-30H,1,3-4H2,(H,33,40)(H,24,31,32)(H3,21,23,25,39)/t7-,8-,9-,10-,12+,13+,17-,38?/m1/s1. The predicted octanol–water partition coefficient (Wildman–Crippen LogP) is -1.72. The van der Waals surface area contributed by atoms with Crippen molar-refractivity contribution in [3.63, 3.8) is 0 Å². The Balaban J connectivity index is 1.18. The summed E-state index contributed by atoms with van der Waals surface area (Å²) in [4.78, 5) is 46.5. The first-order valence-electron chi connectivity index (χ1n) is 11.5. The summed E-state index contributed by atoms with van der Waals surface area (Å²) in [6, 6.07) is 0. The SMILES string of the molecule is Nc1nc2c(ncn2[C@H]2C[C@@H](O)[C@@H](COP(O)(=S)OC[C@H]3O[C@@H](n4cc(F)c(=O)[nH]c4=O)[C@@H](O)[C@H]3O)O2)c(=S)[nH]1. The van der Waals surface area contributed by atoms with Gasteiger partial charge in [-0.2, -0.15) is 9.37 Å². The highest BCUT2D eigenvalue weighted by Gasteiger charge is 2.45. The summed E-state index contributed by atoms with van der Waals surface area (Å²) in [6.45, 7) is -4.96. The number of nitrogens with zero attached hydrogens (tertiary/aromatic N) is 4. The highest BCUT2D eigenvalue weighted by Crippen LogP contribution is 2.46. The lowest BCUT2D eigenvalue weighted by atomic mass is 10.1. The van der Waals surface area contributed by atoms with Crippen LogP contribution in [0.25, 0.3) is 11.2 Å². The highest BCUT2D eigenvalue weighted by molar-refractivity contribution is 8.07. The summed E-state index contributed by atoms with van der Waals surface area (Å²) in [5, 5.41) is 31.1. The van der Waals surface area contributed by atoms with Gasteiger partial charge in [0.05, 0.1) is 31.8 Å². The van der Waals surface area contributed by atoms with E-state index in [1.165, 1.54) is 6.33 Å². The first kappa shape index (κ1) is 29.0. The number of aromatic amines is 2. The van der Waals surface area contributed by atoms with Crippen molar-refractivity contribution in [3.05, 3.63) is 43.8 Å². The van der Waals surface area contributed by atoms with Crippen LogP contribution in [0.15, 0.2) is 22.1 Å². The molecule has 8 atom stereocenters. The van der Waals surface area contributed by atoms with Crippen LogP contribution in [0.2, 0.25) is 0 Å². The molecule has 40 heavy (non-hydrogen) atoms.